The Kier molecular flexibility index (Phi) is 5.06. The summed E-state index contributed by atoms with van der Waals surface area (Å²) in [7, 11) is 0. The lowest BCUT2D eigenvalue weighted by Crippen LogP contribution is -2.07. The SMILES string of the molecule is Cc1ccc(CC(C)C(Br)c2ccccc2)c(Cl)c1. The molecule has 2 atom stereocenters. The van der Waals surface area contributed by atoms with E-state index in [2.05, 4.69) is 66.2 Å². The van der Waals surface area contributed by atoms with E-state index in [1.165, 1.54) is 16.7 Å². The summed E-state index contributed by atoms with van der Waals surface area (Å²) >= 11 is 10.1. The second kappa shape index (κ2) is 6.58. The van der Waals surface area contributed by atoms with Crippen LogP contribution in [0.15, 0.2) is 48.5 Å². The molecule has 0 nitrogen and oxygen atoms in total. The van der Waals surface area contributed by atoms with Crippen LogP contribution in [0.1, 0.15) is 28.4 Å². The molecule has 0 saturated heterocycles. The fraction of sp³-hybridized carbons (Fsp3) is 0.294. The van der Waals surface area contributed by atoms with Gasteiger partial charge in [-0.15, -0.1) is 0 Å². The zero-order valence-corrected chi connectivity index (χ0v) is 13.6. The summed E-state index contributed by atoms with van der Waals surface area (Å²) in [5.74, 6) is 0.489. The summed E-state index contributed by atoms with van der Waals surface area (Å²) in [5, 5.41) is 0.875. The molecule has 2 aromatic rings. The van der Waals surface area contributed by atoms with Crippen LogP contribution < -0.4 is 0 Å². The average Bonchev–Trinajstić information content (AvgIpc) is 2.42. The standard InChI is InChI=1S/C17H18BrCl/c1-12-8-9-15(16(19)10-12)11-13(2)17(18)14-6-4-3-5-7-14/h3-10,13,17H,11H2,1-2H3. The van der Waals surface area contributed by atoms with Crippen molar-refractivity contribution < 1.29 is 0 Å². The van der Waals surface area contributed by atoms with Crippen molar-refractivity contribution in [3.8, 4) is 0 Å². The Morgan fingerprint density at radius 3 is 2.42 bits per heavy atom. The van der Waals surface area contributed by atoms with Gasteiger partial charge >= 0.3 is 0 Å². The third-order valence-electron chi connectivity index (χ3n) is 3.37. The highest BCUT2D eigenvalue weighted by molar-refractivity contribution is 9.09. The number of rotatable bonds is 4. The molecule has 0 saturated carbocycles. The van der Waals surface area contributed by atoms with E-state index in [1.807, 2.05) is 12.1 Å². The Balaban J connectivity index is 2.10. The van der Waals surface area contributed by atoms with Crippen molar-refractivity contribution in [2.24, 2.45) is 5.92 Å². The highest BCUT2D eigenvalue weighted by Crippen LogP contribution is 2.34. The van der Waals surface area contributed by atoms with Crippen LogP contribution in [0.5, 0.6) is 0 Å². The van der Waals surface area contributed by atoms with E-state index in [0.29, 0.717) is 10.7 Å². The van der Waals surface area contributed by atoms with Gasteiger partial charge in [-0.05, 0) is 42.0 Å². The number of aryl methyl sites for hydroxylation is 1. The van der Waals surface area contributed by atoms with E-state index >= 15 is 0 Å². The molecular formula is C17H18BrCl. The lowest BCUT2D eigenvalue weighted by Gasteiger charge is -2.19. The lowest BCUT2D eigenvalue weighted by atomic mass is 9.94. The van der Waals surface area contributed by atoms with Crippen molar-refractivity contribution in [1.29, 1.82) is 0 Å². The first-order chi connectivity index (χ1) is 9.08. The van der Waals surface area contributed by atoms with Crippen LogP contribution in [-0.4, -0.2) is 0 Å². The van der Waals surface area contributed by atoms with Crippen molar-refractivity contribution in [2.45, 2.75) is 25.1 Å². The molecule has 2 heteroatoms. The molecule has 0 fully saturated rings. The van der Waals surface area contributed by atoms with Crippen LogP contribution in [0.2, 0.25) is 5.02 Å². The van der Waals surface area contributed by atoms with Crippen LogP contribution in [0, 0.1) is 12.8 Å². The molecule has 0 aliphatic carbocycles. The van der Waals surface area contributed by atoms with Crippen LogP contribution in [0.3, 0.4) is 0 Å². The summed E-state index contributed by atoms with van der Waals surface area (Å²) in [6, 6.07) is 16.8. The molecule has 19 heavy (non-hydrogen) atoms. The predicted octanol–water partition coefficient (Wildman–Crippen LogP) is 5.96. The fourth-order valence-electron chi connectivity index (χ4n) is 2.23. The monoisotopic (exact) mass is 336 g/mol. The van der Waals surface area contributed by atoms with Gasteiger partial charge in [-0.2, -0.15) is 0 Å². The molecule has 0 heterocycles. The first-order valence-corrected chi connectivity index (χ1v) is 7.81. The maximum Gasteiger partial charge on any atom is 0.0440 e. The van der Waals surface area contributed by atoms with E-state index in [4.69, 9.17) is 11.6 Å². The topological polar surface area (TPSA) is 0 Å². The smallest absolute Gasteiger partial charge is 0.0440 e. The van der Waals surface area contributed by atoms with Crippen molar-refractivity contribution in [1.82, 2.24) is 0 Å². The summed E-state index contributed by atoms with van der Waals surface area (Å²) < 4.78 is 0. The molecule has 0 aliphatic heterocycles. The number of hydrogen-bond donors (Lipinski definition) is 0. The molecule has 100 valence electrons. The van der Waals surface area contributed by atoms with Gasteiger partial charge in [-0.1, -0.05) is 76.9 Å². The number of hydrogen-bond acceptors (Lipinski definition) is 0. The third kappa shape index (κ3) is 3.84. The Morgan fingerprint density at radius 2 is 1.79 bits per heavy atom. The summed E-state index contributed by atoms with van der Waals surface area (Å²) in [4.78, 5) is 0.353. The van der Waals surface area contributed by atoms with Crippen molar-refractivity contribution in [3.63, 3.8) is 0 Å². The van der Waals surface area contributed by atoms with Gasteiger partial charge in [0, 0.05) is 9.85 Å². The Morgan fingerprint density at radius 1 is 1.11 bits per heavy atom. The number of alkyl halides is 1. The summed E-state index contributed by atoms with van der Waals surface area (Å²) in [6.45, 7) is 4.32. The van der Waals surface area contributed by atoms with E-state index < -0.39 is 0 Å². The number of halogens is 2. The molecule has 0 N–H and O–H groups in total. The van der Waals surface area contributed by atoms with Gasteiger partial charge in [0.05, 0.1) is 0 Å². The van der Waals surface area contributed by atoms with Gasteiger partial charge in [0.25, 0.3) is 0 Å². The molecular weight excluding hydrogens is 320 g/mol. The molecule has 2 rings (SSSR count). The maximum atomic E-state index is 6.31. The first-order valence-electron chi connectivity index (χ1n) is 6.52. The highest BCUT2D eigenvalue weighted by atomic mass is 79.9. The van der Waals surface area contributed by atoms with Gasteiger partial charge in [-0.3, -0.25) is 0 Å². The Hall–Kier alpha value is -0.790. The molecule has 0 bridgehead atoms. The molecule has 0 aromatic heterocycles. The molecule has 0 amide bonds. The van der Waals surface area contributed by atoms with Gasteiger partial charge in [0.1, 0.15) is 0 Å². The van der Waals surface area contributed by atoms with Crippen LogP contribution in [0.4, 0.5) is 0 Å². The van der Waals surface area contributed by atoms with E-state index in [-0.39, 0.29) is 0 Å². The van der Waals surface area contributed by atoms with Crippen molar-refractivity contribution in [2.75, 3.05) is 0 Å². The average molecular weight is 338 g/mol. The fourth-order valence-corrected chi connectivity index (χ4v) is 3.04. The zero-order chi connectivity index (χ0) is 13.8. The normalized spacial score (nSPS) is 14.1. The van der Waals surface area contributed by atoms with Crippen molar-refractivity contribution in [3.05, 3.63) is 70.2 Å². The van der Waals surface area contributed by atoms with E-state index in [9.17, 15) is 0 Å². The third-order valence-corrected chi connectivity index (χ3v) is 5.15. The Bertz CT molecular complexity index is 536. The number of benzene rings is 2. The van der Waals surface area contributed by atoms with Crippen LogP contribution in [-0.2, 0) is 6.42 Å². The van der Waals surface area contributed by atoms with E-state index in [1.54, 1.807) is 0 Å². The predicted molar refractivity (Wildman–Crippen MR) is 87.2 cm³/mol. The highest BCUT2D eigenvalue weighted by Gasteiger charge is 2.17. The van der Waals surface area contributed by atoms with Gasteiger partial charge in [0.15, 0.2) is 0 Å². The molecule has 2 aromatic carbocycles. The van der Waals surface area contributed by atoms with Gasteiger partial charge in [-0.25, -0.2) is 0 Å². The second-order valence-corrected chi connectivity index (χ2v) is 6.48. The van der Waals surface area contributed by atoms with Gasteiger partial charge < -0.3 is 0 Å². The van der Waals surface area contributed by atoms with E-state index in [0.717, 1.165) is 11.4 Å². The minimum atomic E-state index is 0.353. The van der Waals surface area contributed by atoms with Crippen LogP contribution in [0.25, 0.3) is 0 Å². The lowest BCUT2D eigenvalue weighted by molar-refractivity contribution is 0.572. The summed E-state index contributed by atoms with van der Waals surface area (Å²) in [6.07, 6.45) is 0.976. The molecule has 0 aliphatic rings. The van der Waals surface area contributed by atoms with Crippen molar-refractivity contribution >= 4 is 27.5 Å². The molecule has 2 unspecified atom stereocenters. The van der Waals surface area contributed by atoms with Gasteiger partial charge in [0.2, 0.25) is 0 Å². The zero-order valence-electron chi connectivity index (χ0n) is 11.2. The largest absolute Gasteiger partial charge is 0.0840 e. The molecule has 0 radical (unpaired) electrons. The minimum absolute atomic E-state index is 0.353. The molecule has 0 spiro atoms. The quantitative estimate of drug-likeness (QED) is 0.603. The minimum Gasteiger partial charge on any atom is -0.0840 e. The maximum absolute atomic E-state index is 6.31. The first kappa shape index (κ1) is 14.6. The Labute approximate surface area is 128 Å². The second-order valence-electron chi connectivity index (χ2n) is 5.09. The van der Waals surface area contributed by atoms with Crippen LogP contribution >= 0.6 is 27.5 Å². The summed E-state index contributed by atoms with van der Waals surface area (Å²) in [5.41, 5.74) is 3.75.